The SMILES string of the molecule is Brc1ccc(CNCCCN2CCCC2)c2ncccc12. The largest absolute Gasteiger partial charge is 0.313 e. The van der Waals surface area contributed by atoms with Gasteiger partial charge in [0.1, 0.15) is 0 Å². The van der Waals surface area contributed by atoms with Crippen molar-refractivity contribution in [2.75, 3.05) is 26.2 Å². The van der Waals surface area contributed by atoms with Gasteiger partial charge in [0.2, 0.25) is 0 Å². The number of pyridine rings is 1. The van der Waals surface area contributed by atoms with E-state index in [1.165, 1.54) is 49.8 Å². The number of nitrogens with zero attached hydrogens (tertiary/aromatic N) is 2. The monoisotopic (exact) mass is 347 g/mol. The number of likely N-dealkylation sites (tertiary alicyclic amines) is 1. The summed E-state index contributed by atoms with van der Waals surface area (Å²) in [6.07, 6.45) is 5.85. The Labute approximate surface area is 134 Å². The molecule has 1 aliphatic rings. The van der Waals surface area contributed by atoms with Crippen LogP contribution in [0, 0.1) is 0 Å². The fourth-order valence-electron chi connectivity index (χ4n) is 3.00. The summed E-state index contributed by atoms with van der Waals surface area (Å²) in [6, 6.07) is 8.38. The van der Waals surface area contributed by atoms with Crippen LogP contribution in [0.5, 0.6) is 0 Å². The summed E-state index contributed by atoms with van der Waals surface area (Å²) in [5.41, 5.74) is 2.37. The Morgan fingerprint density at radius 2 is 2.05 bits per heavy atom. The summed E-state index contributed by atoms with van der Waals surface area (Å²) in [7, 11) is 0. The van der Waals surface area contributed by atoms with Crippen molar-refractivity contribution in [3.8, 4) is 0 Å². The molecular weight excluding hydrogens is 326 g/mol. The number of aromatic nitrogens is 1. The molecule has 4 heteroatoms. The van der Waals surface area contributed by atoms with E-state index in [1.54, 1.807) is 0 Å². The zero-order chi connectivity index (χ0) is 14.5. The van der Waals surface area contributed by atoms with Crippen LogP contribution in [0.4, 0.5) is 0 Å². The maximum absolute atomic E-state index is 4.53. The number of fused-ring (bicyclic) bond motifs is 1. The fourth-order valence-corrected chi connectivity index (χ4v) is 3.45. The van der Waals surface area contributed by atoms with E-state index in [0.29, 0.717) is 0 Å². The van der Waals surface area contributed by atoms with Gasteiger partial charge in [-0.15, -0.1) is 0 Å². The molecule has 3 nitrogen and oxygen atoms in total. The van der Waals surface area contributed by atoms with E-state index in [9.17, 15) is 0 Å². The molecule has 112 valence electrons. The second-order valence-corrected chi connectivity index (χ2v) is 6.54. The first-order chi connectivity index (χ1) is 10.3. The molecule has 2 aromatic rings. The van der Waals surface area contributed by atoms with Crippen LogP contribution in [-0.4, -0.2) is 36.1 Å². The number of hydrogen-bond acceptors (Lipinski definition) is 3. The van der Waals surface area contributed by atoms with E-state index < -0.39 is 0 Å². The Bertz CT molecular complexity index is 594. The van der Waals surface area contributed by atoms with Crippen molar-refractivity contribution in [3.05, 3.63) is 40.5 Å². The second-order valence-electron chi connectivity index (χ2n) is 5.69. The van der Waals surface area contributed by atoms with E-state index in [4.69, 9.17) is 0 Å². The topological polar surface area (TPSA) is 28.2 Å². The number of hydrogen-bond donors (Lipinski definition) is 1. The van der Waals surface area contributed by atoms with Crippen LogP contribution in [-0.2, 0) is 6.54 Å². The molecule has 1 aliphatic heterocycles. The molecule has 21 heavy (non-hydrogen) atoms. The van der Waals surface area contributed by atoms with Gasteiger partial charge in [0, 0.05) is 22.6 Å². The molecule has 1 aromatic heterocycles. The molecule has 0 radical (unpaired) electrons. The summed E-state index contributed by atoms with van der Waals surface area (Å²) >= 11 is 3.60. The predicted octanol–water partition coefficient (Wildman–Crippen LogP) is 3.57. The highest BCUT2D eigenvalue weighted by atomic mass is 79.9. The average molecular weight is 348 g/mol. The van der Waals surface area contributed by atoms with Crippen molar-refractivity contribution in [1.29, 1.82) is 0 Å². The quantitative estimate of drug-likeness (QED) is 0.809. The number of nitrogens with one attached hydrogen (secondary N) is 1. The molecule has 1 saturated heterocycles. The minimum absolute atomic E-state index is 0.890. The lowest BCUT2D eigenvalue weighted by Gasteiger charge is -2.14. The fraction of sp³-hybridized carbons (Fsp3) is 0.471. The third-order valence-corrected chi connectivity index (χ3v) is 4.83. The van der Waals surface area contributed by atoms with Gasteiger partial charge in [0.05, 0.1) is 5.52 Å². The second kappa shape index (κ2) is 7.34. The summed E-state index contributed by atoms with van der Waals surface area (Å²) in [4.78, 5) is 7.09. The molecular formula is C17H22BrN3. The molecule has 0 saturated carbocycles. The van der Waals surface area contributed by atoms with Gasteiger partial charge in [0.25, 0.3) is 0 Å². The van der Waals surface area contributed by atoms with Gasteiger partial charge in [-0.25, -0.2) is 0 Å². The molecule has 0 atom stereocenters. The molecule has 2 heterocycles. The standard InChI is InChI=1S/C17H22BrN3/c18-16-7-6-14(17-15(16)5-3-9-20-17)13-19-8-4-12-21-10-1-2-11-21/h3,5-7,9,19H,1-2,4,8,10-13H2. The average Bonchev–Trinajstić information content (AvgIpc) is 3.03. The minimum atomic E-state index is 0.890. The highest BCUT2D eigenvalue weighted by molar-refractivity contribution is 9.10. The highest BCUT2D eigenvalue weighted by Gasteiger charge is 2.10. The van der Waals surface area contributed by atoms with Crippen molar-refractivity contribution in [3.63, 3.8) is 0 Å². The number of halogens is 1. The Morgan fingerprint density at radius 3 is 2.90 bits per heavy atom. The van der Waals surface area contributed by atoms with Crippen molar-refractivity contribution in [2.45, 2.75) is 25.8 Å². The minimum Gasteiger partial charge on any atom is -0.313 e. The van der Waals surface area contributed by atoms with Crippen molar-refractivity contribution in [2.24, 2.45) is 0 Å². The van der Waals surface area contributed by atoms with Crippen LogP contribution in [0.15, 0.2) is 34.9 Å². The lowest BCUT2D eigenvalue weighted by Crippen LogP contribution is -2.24. The predicted molar refractivity (Wildman–Crippen MR) is 91.4 cm³/mol. The molecule has 0 spiro atoms. The molecule has 0 amide bonds. The first-order valence-corrected chi connectivity index (χ1v) is 8.59. The van der Waals surface area contributed by atoms with Crippen molar-refractivity contribution < 1.29 is 0 Å². The van der Waals surface area contributed by atoms with Gasteiger partial charge in [-0.3, -0.25) is 4.98 Å². The molecule has 0 bridgehead atoms. The Balaban J connectivity index is 1.52. The molecule has 1 fully saturated rings. The van der Waals surface area contributed by atoms with Gasteiger partial charge >= 0.3 is 0 Å². The van der Waals surface area contributed by atoms with Crippen LogP contribution >= 0.6 is 15.9 Å². The normalized spacial score (nSPS) is 15.9. The summed E-state index contributed by atoms with van der Waals surface area (Å²) in [5.74, 6) is 0. The molecule has 3 rings (SSSR count). The van der Waals surface area contributed by atoms with Gasteiger partial charge in [-0.2, -0.15) is 0 Å². The van der Waals surface area contributed by atoms with Crippen LogP contribution < -0.4 is 5.32 Å². The van der Waals surface area contributed by atoms with Crippen LogP contribution in [0.25, 0.3) is 10.9 Å². The van der Waals surface area contributed by atoms with Crippen LogP contribution in [0.3, 0.4) is 0 Å². The third kappa shape index (κ3) is 3.82. The van der Waals surface area contributed by atoms with Crippen LogP contribution in [0.2, 0.25) is 0 Å². The van der Waals surface area contributed by atoms with E-state index >= 15 is 0 Å². The smallest absolute Gasteiger partial charge is 0.0758 e. The zero-order valence-electron chi connectivity index (χ0n) is 12.3. The van der Waals surface area contributed by atoms with Crippen LogP contribution in [0.1, 0.15) is 24.8 Å². The Morgan fingerprint density at radius 1 is 1.19 bits per heavy atom. The van der Waals surface area contributed by atoms with E-state index in [0.717, 1.165) is 23.1 Å². The first-order valence-electron chi connectivity index (χ1n) is 7.80. The van der Waals surface area contributed by atoms with Gasteiger partial charge in [-0.1, -0.05) is 28.1 Å². The molecule has 1 aromatic carbocycles. The lowest BCUT2D eigenvalue weighted by atomic mass is 10.1. The first kappa shape index (κ1) is 14.9. The summed E-state index contributed by atoms with van der Waals surface area (Å²) < 4.78 is 1.11. The summed E-state index contributed by atoms with van der Waals surface area (Å²) in [6.45, 7) is 5.77. The maximum Gasteiger partial charge on any atom is 0.0758 e. The van der Waals surface area contributed by atoms with E-state index in [-0.39, 0.29) is 0 Å². The highest BCUT2D eigenvalue weighted by Crippen LogP contribution is 2.25. The van der Waals surface area contributed by atoms with Crippen molar-refractivity contribution >= 4 is 26.8 Å². The van der Waals surface area contributed by atoms with E-state index in [2.05, 4.69) is 49.3 Å². The maximum atomic E-state index is 4.53. The van der Waals surface area contributed by atoms with Crippen molar-refractivity contribution in [1.82, 2.24) is 15.2 Å². The number of benzene rings is 1. The molecule has 1 N–H and O–H groups in total. The Kier molecular flexibility index (Phi) is 5.22. The molecule has 0 unspecified atom stereocenters. The lowest BCUT2D eigenvalue weighted by molar-refractivity contribution is 0.331. The molecule has 0 aliphatic carbocycles. The van der Waals surface area contributed by atoms with Gasteiger partial charge in [-0.05, 0) is 63.1 Å². The number of rotatable bonds is 6. The van der Waals surface area contributed by atoms with Gasteiger partial charge in [0.15, 0.2) is 0 Å². The van der Waals surface area contributed by atoms with E-state index in [1.807, 2.05) is 12.3 Å². The zero-order valence-corrected chi connectivity index (χ0v) is 13.9. The Hall–Kier alpha value is -0.970. The van der Waals surface area contributed by atoms with Gasteiger partial charge < -0.3 is 10.2 Å². The summed E-state index contributed by atoms with van der Waals surface area (Å²) in [5, 5.41) is 4.74. The third-order valence-electron chi connectivity index (χ3n) is 4.14.